The molecule has 0 radical (unpaired) electrons. The van der Waals surface area contributed by atoms with E-state index >= 15 is 0 Å². The quantitative estimate of drug-likeness (QED) is 0.139. The molecule has 1 N–H and O–H groups in total. The maximum atomic E-state index is 12.5. The van der Waals surface area contributed by atoms with Crippen LogP contribution in [0.2, 0.25) is 0 Å². The van der Waals surface area contributed by atoms with E-state index in [1.54, 1.807) is 0 Å². The van der Waals surface area contributed by atoms with Crippen molar-refractivity contribution in [2.75, 3.05) is 0 Å². The first-order chi connectivity index (χ1) is 33.2. The standard InChI is InChI=1S/C65H66N3O.Pt/c1-40(2)43-21-23-45(24-22-43)47-31-32-66-58(38-47)51-34-49(44-17-14-13-15-18-44)33-50(35-51)55-19-16-20-59-61(55)67-63(57-37-48(41(3)4)36-56(42(5)6)62(57)69)68(59)60-39-53(65(10,11)12)29-30-54(60)46-25-27-52(28-26-46)64(7,8)9;/h13-34,36-42,69H,1-12H3;/q-1;/i40D;. The van der Waals surface area contributed by atoms with Crippen LogP contribution in [0.5, 0.6) is 5.75 Å². The second-order valence-electron chi connectivity index (χ2n) is 21.6. The minimum Gasteiger partial charge on any atom is -0.507 e. The second-order valence-corrected chi connectivity index (χ2v) is 21.6. The Morgan fingerprint density at radius 2 is 1.19 bits per heavy atom. The van der Waals surface area contributed by atoms with E-state index in [0.717, 1.165) is 89.2 Å². The molecule has 0 amide bonds. The van der Waals surface area contributed by atoms with Crippen molar-refractivity contribution in [1.82, 2.24) is 14.5 Å². The molecule has 0 aliphatic carbocycles. The van der Waals surface area contributed by atoms with Gasteiger partial charge in [-0.15, -0.1) is 23.8 Å². The Morgan fingerprint density at radius 3 is 1.83 bits per heavy atom. The predicted octanol–water partition coefficient (Wildman–Crippen LogP) is 17.9. The van der Waals surface area contributed by atoms with Gasteiger partial charge in [-0.2, -0.15) is 0 Å². The molecule has 0 unspecified atom stereocenters. The summed E-state index contributed by atoms with van der Waals surface area (Å²) in [6, 6.07) is 57.8. The molecule has 2 heterocycles. The number of hydrogen-bond acceptors (Lipinski definition) is 3. The first-order valence-corrected chi connectivity index (χ1v) is 24.5. The first-order valence-electron chi connectivity index (χ1n) is 25.0. The number of benzene rings is 7. The normalized spacial score (nSPS) is 12.4. The van der Waals surface area contributed by atoms with Gasteiger partial charge < -0.3 is 5.11 Å². The summed E-state index contributed by atoms with van der Waals surface area (Å²) in [6.45, 7) is 26.1. The second kappa shape index (κ2) is 19.8. The Bertz CT molecular complexity index is 3360. The third-order valence-corrected chi connectivity index (χ3v) is 13.6. The molecule has 9 aromatic rings. The SMILES string of the molecule is [2H]C(C)(C)c1ccc(-c2ccnc(-c3[c-]c(-c4cccc5c4nc(-c4cc(C(C)C)cc(C(C)C)c4O)n5-c4cc(C(C)(C)C)ccc4-c4ccc(C(C)(C)C)cc4)cc(-c4ccccc4)c3)c2)cc1.[Pt]. The van der Waals surface area contributed by atoms with Gasteiger partial charge in [0.1, 0.15) is 11.6 Å². The van der Waals surface area contributed by atoms with E-state index in [1.165, 1.54) is 11.1 Å². The summed E-state index contributed by atoms with van der Waals surface area (Å²) in [4.78, 5) is 10.7. The van der Waals surface area contributed by atoms with Gasteiger partial charge in [0.2, 0.25) is 0 Å². The predicted molar refractivity (Wildman–Crippen MR) is 292 cm³/mol. The summed E-state index contributed by atoms with van der Waals surface area (Å²) in [7, 11) is 0. The topological polar surface area (TPSA) is 50.9 Å². The molecule has 0 saturated carbocycles. The van der Waals surface area contributed by atoms with E-state index in [0.29, 0.717) is 11.4 Å². The summed E-state index contributed by atoms with van der Waals surface area (Å²) < 4.78 is 10.8. The zero-order valence-corrected chi connectivity index (χ0v) is 45.0. The van der Waals surface area contributed by atoms with Crippen molar-refractivity contribution in [2.24, 2.45) is 0 Å². The molecule has 0 saturated heterocycles. The van der Waals surface area contributed by atoms with Crippen molar-refractivity contribution in [3.8, 4) is 78.6 Å². The molecule has 358 valence electrons. The Morgan fingerprint density at radius 1 is 0.543 bits per heavy atom. The maximum absolute atomic E-state index is 12.5. The molecule has 4 nitrogen and oxygen atoms in total. The van der Waals surface area contributed by atoms with Crippen LogP contribution in [-0.4, -0.2) is 19.6 Å². The summed E-state index contributed by atoms with van der Waals surface area (Å²) >= 11 is 0. The minimum atomic E-state index is -0.683. The largest absolute Gasteiger partial charge is 0.507 e. The zero-order valence-electron chi connectivity index (χ0n) is 43.8. The fourth-order valence-electron chi connectivity index (χ4n) is 9.35. The molecule has 7 aromatic carbocycles. The number of fused-ring (bicyclic) bond motifs is 1. The molecule has 2 aromatic heterocycles. The van der Waals surface area contributed by atoms with E-state index in [9.17, 15) is 5.11 Å². The van der Waals surface area contributed by atoms with Crippen molar-refractivity contribution >= 4 is 11.0 Å². The van der Waals surface area contributed by atoms with Gasteiger partial charge in [-0.25, -0.2) is 4.98 Å². The Balaban J connectivity index is 0.00000676. The number of aromatic hydroxyl groups is 1. The average molecular weight is 1100 g/mol. The molecular weight excluding hydrogens is 1030 g/mol. The van der Waals surface area contributed by atoms with Gasteiger partial charge in [0.25, 0.3) is 0 Å². The number of nitrogens with zero attached hydrogens (tertiary/aromatic N) is 3. The van der Waals surface area contributed by atoms with Crippen LogP contribution in [0.4, 0.5) is 0 Å². The summed E-state index contributed by atoms with van der Waals surface area (Å²) in [6.07, 6.45) is 1.87. The molecule has 0 aliphatic rings. The molecule has 0 aliphatic heterocycles. The molecule has 9 rings (SSSR count). The minimum absolute atomic E-state index is 0. The number of rotatable bonds is 10. The van der Waals surface area contributed by atoms with E-state index in [1.807, 2.05) is 44.3 Å². The monoisotopic (exact) mass is 1100 g/mol. The third kappa shape index (κ3) is 9.99. The Hall–Kier alpha value is -6.35. The van der Waals surface area contributed by atoms with Crippen molar-refractivity contribution in [1.29, 1.82) is 0 Å². The Kier molecular flexibility index (Phi) is 13.8. The summed E-state index contributed by atoms with van der Waals surface area (Å²) in [5, 5.41) is 12.5. The Labute approximate surface area is 432 Å². The summed E-state index contributed by atoms with van der Waals surface area (Å²) in [5.74, 6) is 0.558. The number of aromatic nitrogens is 3. The van der Waals surface area contributed by atoms with E-state index < -0.39 is 5.89 Å². The van der Waals surface area contributed by atoms with Crippen LogP contribution in [0.25, 0.3) is 83.9 Å². The van der Waals surface area contributed by atoms with Gasteiger partial charge in [-0.05, 0) is 103 Å². The van der Waals surface area contributed by atoms with E-state index in [-0.39, 0.29) is 49.5 Å². The van der Waals surface area contributed by atoms with Crippen LogP contribution in [0, 0.1) is 6.07 Å². The maximum Gasteiger partial charge on any atom is 0.148 e. The van der Waals surface area contributed by atoms with Crippen LogP contribution in [-0.2, 0) is 31.9 Å². The van der Waals surface area contributed by atoms with Crippen LogP contribution in [0.1, 0.15) is 130 Å². The van der Waals surface area contributed by atoms with Crippen LogP contribution < -0.4 is 0 Å². The number of hydrogen-bond donors (Lipinski definition) is 1. The van der Waals surface area contributed by atoms with Gasteiger partial charge in [0.05, 0.1) is 22.3 Å². The van der Waals surface area contributed by atoms with Crippen molar-refractivity contribution in [3.05, 3.63) is 192 Å². The van der Waals surface area contributed by atoms with Crippen molar-refractivity contribution in [3.63, 3.8) is 0 Å². The van der Waals surface area contributed by atoms with Gasteiger partial charge in [0, 0.05) is 39.9 Å². The third-order valence-electron chi connectivity index (χ3n) is 13.6. The van der Waals surface area contributed by atoms with Gasteiger partial charge in [-0.1, -0.05) is 215 Å². The van der Waals surface area contributed by atoms with Crippen LogP contribution in [0.15, 0.2) is 158 Å². The number of para-hydroxylation sites is 1. The summed E-state index contributed by atoms with van der Waals surface area (Å²) in [5.41, 5.74) is 18.7. The van der Waals surface area contributed by atoms with E-state index in [2.05, 4.69) is 207 Å². The fraction of sp³-hybridized carbons (Fsp3) is 0.262. The number of pyridine rings is 1. The molecule has 0 spiro atoms. The number of phenols is 1. The smallest absolute Gasteiger partial charge is 0.148 e. The fourth-order valence-corrected chi connectivity index (χ4v) is 9.35. The molecular formula is C65H66N3OPt-. The molecule has 0 fully saturated rings. The zero-order chi connectivity index (χ0) is 49.9. The molecule has 5 heteroatoms. The average Bonchev–Trinajstić information content (AvgIpc) is 3.72. The first kappa shape index (κ1) is 48.7. The number of phenolic OH excluding ortho intramolecular Hbond substituents is 1. The van der Waals surface area contributed by atoms with Crippen LogP contribution >= 0.6 is 0 Å². The van der Waals surface area contributed by atoms with Gasteiger partial charge >= 0.3 is 0 Å². The van der Waals surface area contributed by atoms with Gasteiger partial charge in [0.15, 0.2) is 0 Å². The van der Waals surface area contributed by atoms with E-state index in [4.69, 9.17) is 11.3 Å². The molecule has 70 heavy (non-hydrogen) atoms. The van der Waals surface area contributed by atoms with Crippen LogP contribution in [0.3, 0.4) is 0 Å². The van der Waals surface area contributed by atoms with Crippen molar-refractivity contribution in [2.45, 2.75) is 112 Å². The molecule has 0 bridgehead atoms. The number of imidazole rings is 1. The van der Waals surface area contributed by atoms with Gasteiger partial charge in [-0.3, -0.25) is 9.55 Å². The molecule has 0 atom stereocenters. The van der Waals surface area contributed by atoms with Crippen molar-refractivity contribution < 1.29 is 27.5 Å².